The highest BCUT2D eigenvalue weighted by Gasteiger charge is 2.18. The Morgan fingerprint density at radius 2 is 1.86 bits per heavy atom. The van der Waals surface area contributed by atoms with Crippen LogP contribution in [0.3, 0.4) is 0 Å². The molecule has 2 rings (SSSR count). The summed E-state index contributed by atoms with van der Waals surface area (Å²) in [6.07, 6.45) is 0.725. The molecule has 1 atom stereocenters. The van der Waals surface area contributed by atoms with E-state index in [0.717, 1.165) is 27.8 Å². The van der Waals surface area contributed by atoms with Gasteiger partial charge in [0.2, 0.25) is 0 Å². The second-order valence-corrected chi connectivity index (χ2v) is 6.37. The van der Waals surface area contributed by atoms with E-state index in [2.05, 4.69) is 21.2 Å². The van der Waals surface area contributed by atoms with Crippen LogP contribution in [-0.2, 0) is 6.42 Å². The fourth-order valence-corrected chi connectivity index (χ4v) is 3.39. The quantitative estimate of drug-likeness (QED) is 0.753. The highest BCUT2D eigenvalue weighted by Crippen LogP contribution is 2.34. The average molecular weight is 389 g/mol. The van der Waals surface area contributed by atoms with Crippen LogP contribution in [0, 0.1) is 0 Å². The van der Waals surface area contributed by atoms with Crippen LogP contribution >= 0.6 is 39.1 Å². The second kappa shape index (κ2) is 7.50. The predicted molar refractivity (Wildman–Crippen MR) is 92.7 cm³/mol. The van der Waals surface area contributed by atoms with E-state index in [-0.39, 0.29) is 6.04 Å². The molecule has 5 heteroatoms. The number of halogens is 3. The van der Waals surface area contributed by atoms with Crippen LogP contribution in [0.15, 0.2) is 40.9 Å². The first kappa shape index (κ1) is 16.6. The van der Waals surface area contributed by atoms with Gasteiger partial charge in [0.05, 0.1) is 7.11 Å². The van der Waals surface area contributed by atoms with E-state index in [4.69, 9.17) is 27.9 Å². The molecular formula is C16H16BrCl2NO. The van der Waals surface area contributed by atoms with Crippen molar-refractivity contribution in [1.82, 2.24) is 5.32 Å². The Hall–Kier alpha value is -0.740. The van der Waals surface area contributed by atoms with Gasteiger partial charge in [-0.2, -0.15) is 0 Å². The third kappa shape index (κ3) is 3.92. The largest absolute Gasteiger partial charge is 0.496 e. The molecule has 112 valence electrons. The van der Waals surface area contributed by atoms with Crippen LogP contribution in [0.2, 0.25) is 10.0 Å². The third-order valence-electron chi connectivity index (χ3n) is 3.36. The zero-order chi connectivity index (χ0) is 15.4. The smallest absolute Gasteiger partial charge is 0.122 e. The molecule has 0 spiro atoms. The molecule has 0 bridgehead atoms. The molecule has 0 aliphatic heterocycles. The maximum absolute atomic E-state index is 6.31. The van der Waals surface area contributed by atoms with E-state index in [1.54, 1.807) is 7.11 Å². The summed E-state index contributed by atoms with van der Waals surface area (Å²) >= 11 is 16.1. The molecule has 0 saturated carbocycles. The summed E-state index contributed by atoms with van der Waals surface area (Å²) in [7, 11) is 3.57. The van der Waals surface area contributed by atoms with Crippen LogP contribution < -0.4 is 10.1 Å². The van der Waals surface area contributed by atoms with Gasteiger partial charge >= 0.3 is 0 Å². The van der Waals surface area contributed by atoms with Crippen LogP contribution in [-0.4, -0.2) is 14.2 Å². The highest BCUT2D eigenvalue weighted by molar-refractivity contribution is 9.10. The van der Waals surface area contributed by atoms with Gasteiger partial charge in [0.1, 0.15) is 5.75 Å². The normalized spacial score (nSPS) is 12.2. The highest BCUT2D eigenvalue weighted by atomic mass is 79.9. The molecule has 1 N–H and O–H groups in total. The minimum Gasteiger partial charge on any atom is -0.496 e. The average Bonchev–Trinajstić information content (AvgIpc) is 2.46. The Balaban J connectivity index is 2.38. The van der Waals surface area contributed by atoms with Crippen molar-refractivity contribution in [2.75, 3.05) is 14.2 Å². The third-order valence-corrected chi connectivity index (χ3v) is 4.52. The fourth-order valence-electron chi connectivity index (χ4n) is 2.32. The van der Waals surface area contributed by atoms with Crippen molar-refractivity contribution in [2.45, 2.75) is 12.5 Å². The first-order valence-electron chi connectivity index (χ1n) is 6.50. The Labute approximate surface area is 143 Å². The van der Waals surface area contributed by atoms with Crippen LogP contribution in [0.1, 0.15) is 17.2 Å². The zero-order valence-corrected chi connectivity index (χ0v) is 14.9. The van der Waals surface area contributed by atoms with Crippen molar-refractivity contribution >= 4 is 39.1 Å². The number of hydrogen-bond acceptors (Lipinski definition) is 2. The number of rotatable bonds is 5. The van der Waals surface area contributed by atoms with Crippen molar-refractivity contribution in [3.8, 4) is 5.75 Å². The molecule has 2 aromatic carbocycles. The van der Waals surface area contributed by atoms with E-state index in [9.17, 15) is 0 Å². The lowest BCUT2D eigenvalue weighted by atomic mass is 9.98. The van der Waals surface area contributed by atoms with Gasteiger partial charge in [-0.25, -0.2) is 0 Å². The first-order valence-corrected chi connectivity index (χ1v) is 8.05. The van der Waals surface area contributed by atoms with Crippen molar-refractivity contribution in [3.63, 3.8) is 0 Å². The maximum atomic E-state index is 6.31. The Kier molecular flexibility index (Phi) is 5.94. The Morgan fingerprint density at radius 3 is 2.43 bits per heavy atom. The van der Waals surface area contributed by atoms with Gasteiger partial charge in [-0.15, -0.1) is 0 Å². The van der Waals surface area contributed by atoms with Gasteiger partial charge in [0.15, 0.2) is 0 Å². The van der Waals surface area contributed by atoms with E-state index < -0.39 is 0 Å². The lowest BCUT2D eigenvalue weighted by Gasteiger charge is -2.21. The topological polar surface area (TPSA) is 21.3 Å². The van der Waals surface area contributed by atoms with Crippen molar-refractivity contribution < 1.29 is 4.74 Å². The summed E-state index contributed by atoms with van der Waals surface area (Å²) in [6, 6.07) is 11.5. The molecule has 0 saturated heterocycles. The summed E-state index contributed by atoms with van der Waals surface area (Å²) < 4.78 is 6.44. The zero-order valence-electron chi connectivity index (χ0n) is 11.8. The van der Waals surface area contributed by atoms with Gasteiger partial charge < -0.3 is 10.1 Å². The molecule has 2 aromatic rings. The minimum atomic E-state index is 0.00870. The number of nitrogens with one attached hydrogen (secondary N) is 1. The first-order chi connectivity index (χ1) is 10.1. The number of likely N-dealkylation sites (N-methyl/N-ethyl adjacent to an activating group) is 1. The molecule has 2 nitrogen and oxygen atoms in total. The SMILES string of the molecule is CNC(Cc1cc(Br)ccc1OC)c1c(Cl)cccc1Cl. The molecule has 1 unspecified atom stereocenters. The maximum Gasteiger partial charge on any atom is 0.122 e. The van der Waals surface area contributed by atoms with Gasteiger partial charge in [-0.05, 0) is 49.4 Å². The molecule has 0 heterocycles. The van der Waals surface area contributed by atoms with Gasteiger partial charge in [0, 0.05) is 26.1 Å². The molecule has 0 amide bonds. The number of ether oxygens (including phenoxy) is 1. The molecule has 0 aliphatic rings. The molecule has 0 radical (unpaired) electrons. The summed E-state index contributed by atoms with van der Waals surface area (Å²) in [4.78, 5) is 0. The molecule has 21 heavy (non-hydrogen) atoms. The fraction of sp³-hybridized carbons (Fsp3) is 0.250. The monoisotopic (exact) mass is 387 g/mol. The van der Waals surface area contributed by atoms with Crippen molar-refractivity contribution in [2.24, 2.45) is 0 Å². The Morgan fingerprint density at radius 1 is 1.19 bits per heavy atom. The summed E-state index contributed by atoms with van der Waals surface area (Å²) in [5.41, 5.74) is 1.99. The summed E-state index contributed by atoms with van der Waals surface area (Å²) in [6.45, 7) is 0. The van der Waals surface area contributed by atoms with Crippen molar-refractivity contribution in [1.29, 1.82) is 0 Å². The number of benzene rings is 2. The molecule has 0 aromatic heterocycles. The van der Waals surface area contributed by atoms with Crippen LogP contribution in [0.4, 0.5) is 0 Å². The Bertz CT molecular complexity index is 613. The standard InChI is InChI=1S/C16H16BrCl2NO/c1-20-14(16-12(18)4-3-5-13(16)19)9-10-8-11(17)6-7-15(10)21-2/h3-8,14,20H,9H2,1-2H3. The predicted octanol–water partition coefficient (Wildman–Crippen LogP) is 5.27. The molecule has 0 aliphatic carbocycles. The van der Waals surface area contributed by atoms with Crippen LogP contribution in [0.5, 0.6) is 5.75 Å². The van der Waals surface area contributed by atoms with E-state index in [1.807, 2.05) is 43.4 Å². The lowest BCUT2D eigenvalue weighted by Crippen LogP contribution is -2.20. The van der Waals surface area contributed by atoms with Gasteiger partial charge in [-0.3, -0.25) is 0 Å². The summed E-state index contributed by atoms with van der Waals surface area (Å²) in [5, 5.41) is 4.61. The number of hydrogen-bond donors (Lipinski definition) is 1. The summed E-state index contributed by atoms with van der Waals surface area (Å²) in [5.74, 6) is 0.849. The van der Waals surface area contributed by atoms with E-state index in [0.29, 0.717) is 10.0 Å². The van der Waals surface area contributed by atoms with Crippen molar-refractivity contribution in [3.05, 3.63) is 62.0 Å². The second-order valence-electron chi connectivity index (χ2n) is 4.64. The molecule has 0 fully saturated rings. The van der Waals surface area contributed by atoms with E-state index in [1.165, 1.54) is 0 Å². The lowest BCUT2D eigenvalue weighted by molar-refractivity contribution is 0.406. The minimum absolute atomic E-state index is 0.00870. The van der Waals surface area contributed by atoms with E-state index >= 15 is 0 Å². The van der Waals surface area contributed by atoms with Crippen LogP contribution in [0.25, 0.3) is 0 Å². The van der Waals surface area contributed by atoms with Gasteiger partial charge in [-0.1, -0.05) is 45.2 Å². The number of methoxy groups -OCH3 is 1. The molecular weight excluding hydrogens is 373 g/mol. The van der Waals surface area contributed by atoms with Gasteiger partial charge in [0.25, 0.3) is 0 Å².